The van der Waals surface area contributed by atoms with Crippen LogP contribution < -0.4 is 5.32 Å². The number of benzene rings is 2. The monoisotopic (exact) mass is 511 g/mol. The first-order valence-corrected chi connectivity index (χ1v) is 10.5. The highest BCUT2D eigenvalue weighted by Crippen LogP contribution is 2.34. The molecule has 0 aliphatic heterocycles. The van der Waals surface area contributed by atoms with Gasteiger partial charge in [-0.15, -0.1) is 0 Å². The molecule has 0 fully saturated rings. The van der Waals surface area contributed by atoms with Crippen LogP contribution in [0.4, 0.5) is 15.8 Å². The first-order valence-electron chi connectivity index (χ1n) is 9.31. The maximum Gasteiger partial charge on any atom is 0.338 e. The number of aryl methyl sites for hydroxylation is 1. The fourth-order valence-corrected chi connectivity index (χ4v) is 3.68. The van der Waals surface area contributed by atoms with Crippen LogP contribution in [0.25, 0.3) is 11.0 Å². The molecule has 0 bridgehead atoms. The Balaban J connectivity index is 1.97. The van der Waals surface area contributed by atoms with Crippen molar-refractivity contribution in [1.29, 1.82) is 0 Å². The Kier molecular flexibility index (Phi) is 6.56. The Morgan fingerprint density at radius 1 is 1.32 bits per heavy atom. The Hall–Kier alpha value is -2.65. The number of carboxylic acids is 1. The van der Waals surface area contributed by atoms with Crippen LogP contribution in [-0.2, 0) is 16.1 Å². The second-order valence-electron chi connectivity index (χ2n) is 7.81. The number of nitrogens with one attached hydrogen (secondary N) is 1. The minimum atomic E-state index is -1.32. The summed E-state index contributed by atoms with van der Waals surface area (Å²) in [5, 5.41) is 12.7. The molecule has 0 spiro atoms. The first-order chi connectivity index (χ1) is 14.5. The van der Waals surface area contributed by atoms with E-state index in [1.807, 2.05) is 0 Å². The number of carbonyl (C=O) groups excluding carboxylic acids is 1. The zero-order valence-electron chi connectivity index (χ0n) is 17.0. The average Bonchev–Trinajstić information content (AvgIpc) is 3.05. The van der Waals surface area contributed by atoms with Gasteiger partial charge in [-0.25, -0.2) is 14.2 Å². The summed E-state index contributed by atoms with van der Waals surface area (Å²) in [5.41, 5.74) is -0.582. The maximum absolute atomic E-state index is 15.3. The lowest BCUT2D eigenvalue weighted by Crippen LogP contribution is -2.24. The zero-order valence-corrected chi connectivity index (χ0v) is 19.3. The molecular weight excluding hydrogens is 493 g/mol. The molecule has 31 heavy (non-hydrogen) atoms. The van der Waals surface area contributed by atoms with Crippen molar-refractivity contribution in [3.63, 3.8) is 0 Å². The summed E-state index contributed by atoms with van der Waals surface area (Å²) >= 11 is 9.46. The van der Waals surface area contributed by atoms with Gasteiger partial charge in [-0.3, -0.25) is 4.79 Å². The van der Waals surface area contributed by atoms with E-state index in [0.717, 1.165) is 4.47 Å². The molecule has 1 heterocycles. The highest BCUT2D eigenvalue weighted by atomic mass is 79.9. The van der Waals surface area contributed by atoms with Crippen molar-refractivity contribution < 1.29 is 23.8 Å². The van der Waals surface area contributed by atoms with E-state index in [0.29, 0.717) is 5.69 Å². The molecule has 1 aromatic heterocycles. The topological polar surface area (TPSA) is 93.5 Å². The lowest BCUT2D eigenvalue weighted by Gasteiger charge is -2.19. The van der Waals surface area contributed by atoms with Gasteiger partial charge < -0.3 is 19.7 Å². The van der Waals surface area contributed by atoms with Crippen LogP contribution >= 0.6 is 27.5 Å². The van der Waals surface area contributed by atoms with Crippen LogP contribution in [0.2, 0.25) is 5.02 Å². The molecule has 10 heteroatoms. The second kappa shape index (κ2) is 8.84. The normalized spacial score (nSPS) is 11.5. The quantitative estimate of drug-likeness (QED) is 0.408. The van der Waals surface area contributed by atoms with E-state index in [4.69, 9.17) is 16.3 Å². The Bertz CT molecular complexity index is 1170. The van der Waals surface area contributed by atoms with Crippen LogP contribution in [0.3, 0.4) is 0 Å². The van der Waals surface area contributed by atoms with E-state index in [9.17, 15) is 14.7 Å². The number of aromatic carboxylic acids is 1. The Morgan fingerprint density at radius 2 is 2.03 bits per heavy atom. The molecule has 3 rings (SSSR count). The molecule has 3 aromatic rings. The number of aromatic nitrogens is 2. The third kappa shape index (κ3) is 5.34. The van der Waals surface area contributed by atoms with Crippen LogP contribution in [0.15, 0.2) is 35.1 Å². The molecule has 2 aromatic carbocycles. The van der Waals surface area contributed by atoms with Crippen molar-refractivity contribution in [2.24, 2.45) is 0 Å². The number of ether oxygens (including phenoxy) is 1. The van der Waals surface area contributed by atoms with Gasteiger partial charge in [0.1, 0.15) is 11.1 Å². The van der Waals surface area contributed by atoms with Gasteiger partial charge in [0.15, 0.2) is 5.82 Å². The molecule has 2 N–H and O–H groups in total. The number of anilines is 2. The molecule has 0 saturated carbocycles. The van der Waals surface area contributed by atoms with E-state index >= 15 is 4.39 Å². The minimum absolute atomic E-state index is 0.0232. The number of imidazole rings is 1. The highest BCUT2D eigenvalue weighted by molar-refractivity contribution is 9.10. The summed E-state index contributed by atoms with van der Waals surface area (Å²) in [7, 11) is 0. The summed E-state index contributed by atoms with van der Waals surface area (Å²) in [4.78, 5) is 27.9. The molecule has 0 unspecified atom stereocenters. The van der Waals surface area contributed by atoms with Crippen molar-refractivity contribution >= 4 is 61.9 Å². The van der Waals surface area contributed by atoms with Crippen LogP contribution in [0.1, 0.15) is 37.6 Å². The molecule has 0 amide bonds. The van der Waals surface area contributed by atoms with E-state index in [-0.39, 0.29) is 40.3 Å². The standard InChI is InChI=1S/C21H20BrClFN3O4/c1-21(2,3)31-16(28)6-7-27-10-25-19-15(27)9-12(20(29)30)18(17(19)24)26-14-5-4-11(22)8-13(14)23/h4-5,8-10,26H,6-7H2,1-3H3,(H,29,30). The van der Waals surface area contributed by atoms with E-state index in [1.165, 1.54) is 17.0 Å². The van der Waals surface area contributed by atoms with Crippen molar-refractivity contribution in [3.05, 3.63) is 51.5 Å². The number of carboxylic acid groups (broad SMARTS) is 1. The number of carbonyl (C=O) groups is 2. The van der Waals surface area contributed by atoms with Gasteiger partial charge in [-0.2, -0.15) is 0 Å². The number of nitrogens with zero attached hydrogens (tertiary/aromatic N) is 2. The third-order valence-corrected chi connectivity index (χ3v) is 5.06. The lowest BCUT2D eigenvalue weighted by atomic mass is 10.1. The summed E-state index contributed by atoms with van der Waals surface area (Å²) in [6, 6.07) is 6.21. The summed E-state index contributed by atoms with van der Waals surface area (Å²) in [5.74, 6) is -2.57. The van der Waals surface area contributed by atoms with Gasteiger partial charge in [0, 0.05) is 11.0 Å². The minimum Gasteiger partial charge on any atom is -0.478 e. The van der Waals surface area contributed by atoms with Crippen molar-refractivity contribution in [2.75, 3.05) is 5.32 Å². The molecule has 0 aliphatic carbocycles. The first kappa shape index (κ1) is 23.0. The summed E-state index contributed by atoms with van der Waals surface area (Å²) in [6.45, 7) is 5.45. The SMILES string of the molecule is CC(C)(C)OC(=O)CCn1cnc2c(F)c(Nc3ccc(Br)cc3Cl)c(C(=O)O)cc21. The van der Waals surface area contributed by atoms with Gasteiger partial charge in [-0.05, 0) is 45.0 Å². The maximum atomic E-state index is 15.3. The molecule has 164 valence electrons. The second-order valence-corrected chi connectivity index (χ2v) is 9.13. The average molecular weight is 513 g/mol. The molecule has 7 nitrogen and oxygen atoms in total. The van der Waals surface area contributed by atoms with Crippen LogP contribution in [-0.4, -0.2) is 32.2 Å². The summed E-state index contributed by atoms with van der Waals surface area (Å²) in [6.07, 6.45) is 1.39. The predicted molar refractivity (Wildman–Crippen MR) is 120 cm³/mol. The smallest absolute Gasteiger partial charge is 0.338 e. The fourth-order valence-electron chi connectivity index (χ4n) is 2.96. The number of esters is 1. The highest BCUT2D eigenvalue weighted by Gasteiger charge is 2.23. The van der Waals surface area contributed by atoms with Crippen LogP contribution in [0.5, 0.6) is 0 Å². The molecule has 0 atom stereocenters. The number of fused-ring (bicyclic) bond motifs is 1. The fraction of sp³-hybridized carbons (Fsp3) is 0.286. The van der Waals surface area contributed by atoms with Gasteiger partial charge in [0.25, 0.3) is 0 Å². The number of rotatable bonds is 6. The van der Waals surface area contributed by atoms with Gasteiger partial charge in [-0.1, -0.05) is 27.5 Å². The van der Waals surface area contributed by atoms with Crippen molar-refractivity contribution in [2.45, 2.75) is 39.3 Å². The molecule has 0 saturated heterocycles. The number of halogens is 3. The van der Waals surface area contributed by atoms with E-state index in [1.54, 1.807) is 39.0 Å². The third-order valence-electron chi connectivity index (χ3n) is 4.25. The zero-order chi connectivity index (χ0) is 22.9. The van der Waals surface area contributed by atoms with E-state index in [2.05, 4.69) is 26.2 Å². The predicted octanol–water partition coefficient (Wildman–Crippen LogP) is 5.76. The van der Waals surface area contributed by atoms with Gasteiger partial charge >= 0.3 is 11.9 Å². The molecule has 0 radical (unpaired) electrons. The van der Waals surface area contributed by atoms with Crippen molar-refractivity contribution in [1.82, 2.24) is 9.55 Å². The molecule has 0 aliphatic rings. The number of hydrogen-bond acceptors (Lipinski definition) is 5. The number of hydrogen-bond donors (Lipinski definition) is 2. The van der Waals surface area contributed by atoms with Crippen LogP contribution in [0, 0.1) is 5.82 Å². The Labute approximate surface area is 191 Å². The lowest BCUT2D eigenvalue weighted by molar-refractivity contribution is -0.155. The van der Waals surface area contributed by atoms with Gasteiger partial charge in [0.2, 0.25) is 0 Å². The van der Waals surface area contributed by atoms with Gasteiger partial charge in [0.05, 0.1) is 40.2 Å². The summed E-state index contributed by atoms with van der Waals surface area (Å²) < 4.78 is 22.8. The van der Waals surface area contributed by atoms with Crippen molar-refractivity contribution in [3.8, 4) is 0 Å². The van der Waals surface area contributed by atoms with E-state index < -0.39 is 23.4 Å². The largest absolute Gasteiger partial charge is 0.478 e. The molecular formula is C21H20BrClFN3O4. The Morgan fingerprint density at radius 3 is 2.65 bits per heavy atom.